The summed E-state index contributed by atoms with van der Waals surface area (Å²) in [7, 11) is -4.03. The molecule has 1 aromatic rings. The fraction of sp³-hybridized carbons (Fsp3) is 0.385. The van der Waals surface area contributed by atoms with E-state index in [1.54, 1.807) is 19.1 Å². The van der Waals surface area contributed by atoms with E-state index in [-0.39, 0.29) is 23.5 Å². The molecule has 4 nitrogen and oxygen atoms in total. The van der Waals surface area contributed by atoms with Crippen molar-refractivity contribution >= 4 is 10.0 Å². The quantitative estimate of drug-likeness (QED) is 0.805. The Morgan fingerprint density at radius 3 is 2.70 bits per heavy atom. The second kappa shape index (κ2) is 7.33. The summed E-state index contributed by atoms with van der Waals surface area (Å²) in [6, 6.07) is 4.45. The number of nitrogens with one attached hydrogen (secondary N) is 1. The van der Waals surface area contributed by atoms with Crippen molar-refractivity contribution in [1.29, 1.82) is 0 Å². The van der Waals surface area contributed by atoms with Crippen LogP contribution in [-0.4, -0.2) is 33.1 Å². The van der Waals surface area contributed by atoms with Gasteiger partial charge < -0.3 is 5.11 Å². The second-order valence-electron chi connectivity index (χ2n) is 4.02. The summed E-state index contributed by atoms with van der Waals surface area (Å²) >= 11 is 0. The Kier molecular flexibility index (Phi) is 6.07. The lowest BCUT2D eigenvalue weighted by molar-refractivity contribution is 0.153. The lowest BCUT2D eigenvalue weighted by Gasteiger charge is -2.09. The lowest BCUT2D eigenvalue weighted by Crippen LogP contribution is -2.29. The Morgan fingerprint density at radius 1 is 1.40 bits per heavy atom. The Labute approximate surface area is 116 Å². The molecule has 0 spiro atoms. The first-order chi connectivity index (χ1) is 9.36. The largest absolute Gasteiger partial charge is 0.395 e. The van der Waals surface area contributed by atoms with Crippen molar-refractivity contribution in [2.24, 2.45) is 0 Å². The Morgan fingerprint density at radius 2 is 2.10 bits per heavy atom. The molecule has 0 aliphatic carbocycles. The Balaban J connectivity index is 3.14. The molecule has 0 amide bonds. The van der Waals surface area contributed by atoms with Crippen LogP contribution in [-0.2, 0) is 10.0 Å². The van der Waals surface area contributed by atoms with Gasteiger partial charge in [0, 0.05) is 12.0 Å². The molecule has 0 radical (unpaired) electrons. The molecule has 0 atom stereocenters. The van der Waals surface area contributed by atoms with Gasteiger partial charge in [0.25, 0.3) is 6.43 Å². The number of aryl methyl sites for hydroxylation is 1. The number of aliphatic hydroxyl groups excluding tert-OH is 1. The highest BCUT2D eigenvalue weighted by atomic mass is 32.2. The molecule has 7 heteroatoms. The SMILES string of the molecule is Cc1ccc(S(=O)(=O)NCC(F)F)c(C#CCCO)c1. The van der Waals surface area contributed by atoms with E-state index in [4.69, 9.17) is 5.11 Å². The van der Waals surface area contributed by atoms with Crippen molar-refractivity contribution in [2.75, 3.05) is 13.2 Å². The predicted molar refractivity (Wildman–Crippen MR) is 71.0 cm³/mol. The van der Waals surface area contributed by atoms with E-state index < -0.39 is 23.0 Å². The van der Waals surface area contributed by atoms with Crippen LogP contribution in [0.15, 0.2) is 23.1 Å². The van der Waals surface area contributed by atoms with Gasteiger partial charge in [-0.2, -0.15) is 0 Å². The van der Waals surface area contributed by atoms with Crippen LogP contribution < -0.4 is 4.72 Å². The molecule has 0 aromatic heterocycles. The average molecular weight is 303 g/mol. The third-order valence-corrected chi connectivity index (χ3v) is 3.79. The average Bonchev–Trinajstić information content (AvgIpc) is 2.37. The topological polar surface area (TPSA) is 66.4 Å². The van der Waals surface area contributed by atoms with Gasteiger partial charge in [-0.15, -0.1) is 0 Å². The highest BCUT2D eigenvalue weighted by Crippen LogP contribution is 2.16. The van der Waals surface area contributed by atoms with E-state index in [1.165, 1.54) is 6.07 Å². The maximum absolute atomic E-state index is 12.1. The molecule has 0 heterocycles. The number of sulfonamides is 1. The van der Waals surface area contributed by atoms with E-state index in [2.05, 4.69) is 11.8 Å². The molecule has 0 aliphatic rings. The smallest absolute Gasteiger partial charge is 0.251 e. The summed E-state index contributed by atoms with van der Waals surface area (Å²) in [5, 5.41) is 8.66. The van der Waals surface area contributed by atoms with Crippen LogP contribution >= 0.6 is 0 Å². The molecule has 1 aromatic carbocycles. The van der Waals surface area contributed by atoms with E-state index in [9.17, 15) is 17.2 Å². The van der Waals surface area contributed by atoms with Gasteiger partial charge in [-0.05, 0) is 24.6 Å². The summed E-state index contributed by atoms with van der Waals surface area (Å²) in [5.74, 6) is 5.25. The van der Waals surface area contributed by atoms with Crippen LogP contribution in [0, 0.1) is 18.8 Å². The minimum Gasteiger partial charge on any atom is -0.395 e. The summed E-state index contributed by atoms with van der Waals surface area (Å²) in [6.45, 7) is 0.685. The van der Waals surface area contributed by atoms with E-state index in [1.807, 2.05) is 4.72 Å². The predicted octanol–water partition coefficient (Wildman–Crippen LogP) is 1.27. The van der Waals surface area contributed by atoms with Crippen molar-refractivity contribution < 1.29 is 22.3 Å². The highest BCUT2D eigenvalue weighted by Gasteiger charge is 2.19. The standard InChI is InChI=1S/C13H15F2NO3S/c1-10-5-6-12(11(8-10)4-2-3-7-17)20(18,19)16-9-13(14)15/h5-6,8,13,16-17H,3,7,9H2,1H3. The molecule has 20 heavy (non-hydrogen) atoms. The number of alkyl halides is 2. The van der Waals surface area contributed by atoms with Crippen molar-refractivity contribution in [3.05, 3.63) is 29.3 Å². The molecule has 0 unspecified atom stereocenters. The molecule has 0 saturated heterocycles. The maximum Gasteiger partial charge on any atom is 0.251 e. The molecular weight excluding hydrogens is 288 g/mol. The van der Waals surface area contributed by atoms with E-state index >= 15 is 0 Å². The zero-order chi connectivity index (χ0) is 15.2. The van der Waals surface area contributed by atoms with Crippen LogP contribution in [0.4, 0.5) is 8.78 Å². The number of hydrogen-bond acceptors (Lipinski definition) is 3. The third-order valence-electron chi connectivity index (χ3n) is 2.31. The molecule has 0 fully saturated rings. The minimum atomic E-state index is -4.03. The van der Waals surface area contributed by atoms with E-state index in [0.717, 1.165) is 5.56 Å². The van der Waals surface area contributed by atoms with Gasteiger partial charge in [-0.25, -0.2) is 21.9 Å². The van der Waals surface area contributed by atoms with Gasteiger partial charge in [-0.1, -0.05) is 17.9 Å². The number of halogens is 2. The van der Waals surface area contributed by atoms with Gasteiger partial charge >= 0.3 is 0 Å². The number of aliphatic hydroxyl groups is 1. The number of benzene rings is 1. The summed E-state index contributed by atoms with van der Waals surface area (Å²) in [4.78, 5) is -0.144. The number of rotatable bonds is 5. The first-order valence-electron chi connectivity index (χ1n) is 5.85. The van der Waals surface area contributed by atoms with Crippen LogP contribution in [0.5, 0.6) is 0 Å². The van der Waals surface area contributed by atoms with Crippen LogP contribution in [0.25, 0.3) is 0 Å². The minimum absolute atomic E-state index is 0.134. The Hall–Kier alpha value is -1.49. The molecule has 2 N–H and O–H groups in total. The van der Waals surface area contributed by atoms with Crippen molar-refractivity contribution in [1.82, 2.24) is 4.72 Å². The van der Waals surface area contributed by atoms with Gasteiger partial charge in [-0.3, -0.25) is 0 Å². The van der Waals surface area contributed by atoms with Crippen molar-refractivity contribution in [3.8, 4) is 11.8 Å². The van der Waals surface area contributed by atoms with Crippen LogP contribution in [0.3, 0.4) is 0 Å². The first kappa shape index (κ1) is 16.6. The monoisotopic (exact) mass is 303 g/mol. The van der Waals surface area contributed by atoms with Crippen molar-refractivity contribution in [3.63, 3.8) is 0 Å². The van der Waals surface area contributed by atoms with Crippen LogP contribution in [0.2, 0.25) is 0 Å². The zero-order valence-electron chi connectivity index (χ0n) is 10.9. The second-order valence-corrected chi connectivity index (χ2v) is 5.75. The highest BCUT2D eigenvalue weighted by molar-refractivity contribution is 7.89. The number of hydrogen-bond donors (Lipinski definition) is 2. The summed E-state index contributed by atoms with van der Waals surface area (Å²) in [6.07, 6.45) is -2.56. The third kappa shape index (κ3) is 4.89. The van der Waals surface area contributed by atoms with Gasteiger partial charge in [0.2, 0.25) is 10.0 Å². The maximum atomic E-state index is 12.1. The Bertz CT molecular complexity index is 618. The molecule has 0 bridgehead atoms. The molecule has 110 valence electrons. The first-order valence-corrected chi connectivity index (χ1v) is 7.33. The van der Waals surface area contributed by atoms with E-state index in [0.29, 0.717) is 0 Å². The van der Waals surface area contributed by atoms with Crippen molar-refractivity contribution in [2.45, 2.75) is 24.7 Å². The van der Waals surface area contributed by atoms with Crippen LogP contribution in [0.1, 0.15) is 17.5 Å². The van der Waals surface area contributed by atoms with Gasteiger partial charge in [0.15, 0.2) is 0 Å². The summed E-state index contributed by atoms with van der Waals surface area (Å²) < 4.78 is 49.9. The fourth-order valence-corrected chi connectivity index (χ4v) is 2.59. The zero-order valence-corrected chi connectivity index (χ0v) is 11.7. The molecule has 0 aliphatic heterocycles. The molecule has 1 rings (SSSR count). The molecular formula is C13H15F2NO3S. The normalized spacial score (nSPS) is 11.2. The summed E-state index contributed by atoms with van der Waals surface area (Å²) in [5.41, 5.74) is 1.02. The van der Waals surface area contributed by atoms with Gasteiger partial charge in [0.05, 0.1) is 18.0 Å². The molecule has 0 saturated carbocycles. The van der Waals surface area contributed by atoms with Gasteiger partial charge in [0.1, 0.15) is 0 Å². The lowest BCUT2D eigenvalue weighted by atomic mass is 10.1. The fourth-order valence-electron chi connectivity index (χ4n) is 1.44.